The predicted octanol–water partition coefficient (Wildman–Crippen LogP) is 3.27. The fourth-order valence-electron chi connectivity index (χ4n) is 2.64. The molecule has 0 aromatic heterocycles. The summed E-state index contributed by atoms with van der Waals surface area (Å²) in [6.07, 6.45) is 1.14. The average Bonchev–Trinajstić information content (AvgIpc) is 2.60. The third kappa shape index (κ3) is 4.03. The molecular weight excluding hydrogens is 290 g/mol. The molecule has 4 nitrogen and oxygen atoms in total. The Morgan fingerprint density at radius 3 is 2.61 bits per heavy atom. The minimum Gasteiger partial charge on any atom is -0.486 e. The molecule has 1 atom stereocenters. The summed E-state index contributed by atoms with van der Waals surface area (Å²) in [6, 6.07) is 15.8. The summed E-state index contributed by atoms with van der Waals surface area (Å²) in [7, 11) is 0. The highest BCUT2D eigenvalue weighted by Gasteiger charge is 2.13. The predicted molar refractivity (Wildman–Crippen MR) is 88.8 cm³/mol. The number of hydrogen-bond donors (Lipinski definition) is 1. The highest BCUT2D eigenvalue weighted by atomic mass is 16.6. The van der Waals surface area contributed by atoms with Crippen LogP contribution in [0, 0.1) is 0 Å². The molecule has 1 heterocycles. The van der Waals surface area contributed by atoms with Crippen molar-refractivity contribution in [2.24, 2.45) is 0 Å². The zero-order chi connectivity index (χ0) is 16.1. The van der Waals surface area contributed by atoms with E-state index in [2.05, 4.69) is 5.32 Å². The Kier molecular flexibility index (Phi) is 4.81. The second kappa shape index (κ2) is 7.18. The van der Waals surface area contributed by atoms with Gasteiger partial charge in [-0.1, -0.05) is 36.4 Å². The van der Waals surface area contributed by atoms with E-state index in [-0.39, 0.29) is 11.9 Å². The Balaban J connectivity index is 1.53. The zero-order valence-corrected chi connectivity index (χ0v) is 13.2. The van der Waals surface area contributed by atoms with Crippen LogP contribution in [0.2, 0.25) is 0 Å². The van der Waals surface area contributed by atoms with E-state index >= 15 is 0 Å². The van der Waals surface area contributed by atoms with E-state index in [9.17, 15) is 4.79 Å². The van der Waals surface area contributed by atoms with Crippen LogP contribution in [0.15, 0.2) is 48.5 Å². The number of ether oxygens (including phenoxy) is 2. The third-order valence-corrected chi connectivity index (χ3v) is 3.92. The third-order valence-electron chi connectivity index (χ3n) is 3.92. The van der Waals surface area contributed by atoms with Crippen LogP contribution in [-0.4, -0.2) is 19.1 Å². The number of rotatable bonds is 5. The molecule has 23 heavy (non-hydrogen) atoms. The molecule has 2 aromatic carbocycles. The minimum atomic E-state index is 0.0176. The topological polar surface area (TPSA) is 47.6 Å². The zero-order valence-electron chi connectivity index (χ0n) is 13.2. The standard InChI is InChI=1S/C19H21NO3/c1-14(16-5-3-2-4-6-16)20-19(21)10-8-15-7-9-17-18(13-15)23-12-11-22-17/h2-7,9,13-14H,8,10-12H2,1H3,(H,20,21)/t14-/m1/s1. The molecule has 120 valence electrons. The Morgan fingerprint density at radius 1 is 1.09 bits per heavy atom. The van der Waals surface area contributed by atoms with Crippen molar-refractivity contribution in [3.05, 3.63) is 59.7 Å². The maximum absolute atomic E-state index is 12.1. The molecule has 0 unspecified atom stereocenters. The normalized spacial score (nSPS) is 14.1. The van der Waals surface area contributed by atoms with Gasteiger partial charge < -0.3 is 14.8 Å². The lowest BCUT2D eigenvalue weighted by molar-refractivity contribution is -0.121. The molecule has 0 bridgehead atoms. The van der Waals surface area contributed by atoms with Gasteiger partial charge in [-0.3, -0.25) is 4.79 Å². The summed E-state index contributed by atoms with van der Waals surface area (Å²) >= 11 is 0. The van der Waals surface area contributed by atoms with E-state index in [0.717, 1.165) is 22.6 Å². The smallest absolute Gasteiger partial charge is 0.220 e. The molecule has 0 aliphatic carbocycles. The van der Waals surface area contributed by atoms with Crippen molar-refractivity contribution in [3.8, 4) is 11.5 Å². The van der Waals surface area contributed by atoms with Crippen LogP contribution in [0.25, 0.3) is 0 Å². The summed E-state index contributed by atoms with van der Waals surface area (Å²) in [5.74, 6) is 1.60. The van der Waals surface area contributed by atoms with Gasteiger partial charge in [-0.25, -0.2) is 0 Å². The summed E-state index contributed by atoms with van der Waals surface area (Å²) in [5.41, 5.74) is 2.19. The molecule has 1 amide bonds. The first-order valence-corrected chi connectivity index (χ1v) is 7.95. The van der Waals surface area contributed by atoms with E-state index < -0.39 is 0 Å². The molecule has 1 aliphatic rings. The number of hydrogen-bond acceptors (Lipinski definition) is 3. The molecule has 2 aromatic rings. The lowest BCUT2D eigenvalue weighted by Crippen LogP contribution is -2.26. The van der Waals surface area contributed by atoms with Gasteiger partial charge in [-0.05, 0) is 36.6 Å². The Morgan fingerprint density at radius 2 is 1.83 bits per heavy atom. The SMILES string of the molecule is C[C@@H](NC(=O)CCc1ccc2c(c1)OCCO2)c1ccccc1. The van der Waals surface area contributed by atoms with Crippen molar-refractivity contribution in [1.82, 2.24) is 5.32 Å². The highest BCUT2D eigenvalue weighted by Crippen LogP contribution is 2.31. The largest absolute Gasteiger partial charge is 0.486 e. The monoisotopic (exact) mass is 311 g/mol. The lowest BCUT2D eigenvalue weighted by Gasteiger charge is -2.19. The first kappa shape index (κ1) is 15.4. The van der Waals surface area contributed by atoms with E-state index in [1.165, 1.54) is 0 Å². The maximum Gasteiger partial charge on any atom is 0.220 e. The van der Waals surface area contributed by atoms with Crippen LogP contribution in [0.3, 0.4) is 0 Å². The van der Waals surface area contributed by atoms with Gasteiger partial charge in [0.15, 0.2) is 11.5 Å². The number of carbonyl (C=O) groups is 1. The van der Waals surface area contributed by atoms with Crippen LogP contribution >= 0.6 is 0 Å². The molecule has 0 saturated heterocycles. The van der Waals surface area contributed by atoms with Gasteiger partial charge in [0, 0.05) is 6.42 Å². The van der Waals surface area contributed by atoms with Crippen molar-refractivity contribution in [3.63, 3.8) is 0 Å². The lowest BCUT2D eigenvalue weighted by atomic mass is 10.1. The summed E-state index contributed by atoms with van der Waals surface area (Å²) in [4.78, 5) is 12.1. The molecule has 3 rings (SSSR count). The van der Waals surface area contributed by atoms with Gasteiger partial charge in [0.1, 0.15) is 13.2 Å². The second-order valence-corrected chi connectivity index (χ2v) is 5.68. The maximum atomic E-state index is 12.1. The summed E-state index contributed by atoms with van der Waals surface area (Å²) < 4.78 is 11.1. The van der Waals surface area contributed by atoms with E-state index in [1.807, 2.05) is 55.5 Å². The van der Waals surface area contributed by atoms with Gasteiger partial charge in [0.25, 0.3) is 0 Å². The molecular formula is C19H21NO3. The van der Waals surface area contributed by atoms with Crippen molar-refractivity contribution >= 4 is 5.91 Å². The number of amides is 1. The molecule has 0 saturated carbocycles. The van der Waals surface area contributed by atoms with Crippen molar-refractivity contribution < 1.29 is 14.3 Å². The fourth-order valence-corrected chi connectivity index (χ4v) is 2.64. The van der Waals surface area contributed by atoms with Gasteiger partial charge in [-0.15, -0.1) is 0 Å². The van der Waals surface area contributed by atoms with E-state index in [1.54, 1.807) is 0 Å². The van der Waals surface area contributed by atoms with Gasteiger partial charge in [-0.2, -0.15) is 0 Å². The van der Waals surface area contributed by atoms with Crippen LogP contribution in [0.4, 0.5) is 0 Å². The Bertz CT molecular complexity index is 670. The van der Waals surface area contributed by atoms with Gasteiger partial charge in [0.05, 0.1) is 6.04 Å². The Labute approximate surface area is 136 Å². The van der Waals surface area contributed by atoms with Crippen molar-refractivity contribution in [2.45, 2.75) is 25.8 Å². The number of aryl methyl sites for hydroxylation is 1. The Hall–Kier alpha value is -2.49. The first-order valence-electron chi connectivity index (χ1n) is 7.95. The molecule has 0 spiro atoms. The summed E-state index contributed by atoms with van der Waals surface area (Å²) in [5, 5.41) is 3.03. The molecule has 0 radical (unpaired) electrons. The van der Waals surface area contributed by atoms with Crippen LogP contribution in [0.1, 0.15) is 30.5 Å². The number of nitrogens with one attached hydrogen (secondary N) is 1. The second-order valence-electron chi connectivity index (χ2n) is 5.68. The van der Waals surface area contributed by atoms with Gasteiger partial charge >= 0.3 is 0 Å². The van der Waals surface area contributed by atoms with Gasteiger partial charge in [0.2, 0.25) is 5.91 Å². The fraction of sp³-hybridized carbons (Fsp3) is 0.316. The molecule has 4 heteroatoms. The molecule has 1 N–H and O–H groups in total. The quantitative estimate of drug-likeness (QED) is 0.922. The van der Waals surface area contributed by atoms with Crippen molar-refractivity contribution in [2.75, 3.05) is 13.2 Å². The first-order chi connectivity index (χ1) is 11.2. The van der Waals surface area contributed by atoms with Crippen LogP contribution in [0.5, 0.6) is 11.5 Å². The van der Waals surface area contributed by atoms with E-state index in [4.69, 9.17) is 9.47 Å². The highest BCUT2D eigenvalue weighted by molar-refractivity contribution is 5.76. The molecule has 1 aliphatic heterocycles. The number of carbonyl (C=O) groups excluding carboxylic acids is 1. The number of fused-ring (bicyclic) bond motifs is 1. The number of benzene rings is 2. The van der Waals surface area contributed by atoms with Crippen LogP contribution in [-0.2, 0) is 11.2 Å². The van der Waals surface area contributed by atoms with Crippen LogP contribution < -0.4 is 14.8 Å². The van der Waals surface area contributed by atoms with E-state index in [0.29, 0.717) is 26.1 Å². The minimum absolute atomic E-state index is 0.0176. The average molecular weight is 311 g/mol. The van der Waals surface area contributed by atoms with Crippen molar-refractivity contribution in [1.29, 1.82) is 0 Å². The summed E-state index contributed by atoms with van der Waals surface area (Å²) in [6.45, 7) is 3.16. The molecule has 0 fully saturated rings.